The summed E-state index contributed by atoms with van der Waals surface area (Å²) in [7, 11) is 2.84. The Morgan fingerprint density at radius 1 is 1.79 bits per heavy atom. The van der Waals surface area contributed by atoms with Gasteiger partial charge >= 0.3 is 5.97 Å². The predicted octanol–water partition coefficient (Wildman–Crippen LogP) is -2.05. The maximum atomic E-state index is 11.3. The number of esters is 1. The van der Waals surface area contributed by atoms with Crippen LogP contribution in [0.5, 0.6) is 0 Å². The van der Waals surface area contributed by atoms with E-state index in [0.717, 1.165) is 0 Å². The Bertz CT molecular complexity index is 235. The molecule has 6 heteroatoms. The van der Waals surface area contributed by atoms with Gasteiger partial charge in [0.2, 0.25) is 5.91 Å². The molecule has 6 nitrogen and oxygen atoms in total. The fourth-order valence-corrected chi connectivity index (χ4v) is 1.43. The highest BCUT2D eigenvalue weighted by Crippen LogP contribution is 2.09. The van der Waals surface area contributed by atoms with Crippen molar-refractivity contribution in [2.24, 2.45) is 0 Å². The predicted molar refractivity (Wildman–Crippen MR) is 47.5 cm³/mol. The van der Waals surface area contributed by atoms with Crippen LogP contribution in [-0.4, -0.2) is 61.3 Å². The number of nitrogens with one attached hydrogen (secondary N) is 1. The van der Waals surface area contributed by atoms with Crippen molar-refractivity contribution in [3.8, 4) is 0 Å². The normalized spacial score (nSPS) is 28.4. The summed E-state index contributed by atoms with van der Waals surface area (Å²) in [6.07, 6.45) is 0. The van der Waals surface area contributed by atoms with E-state index in [1.807, 2.05) is 0 Å². The summed E-state index contributed by atoms with van der Waals surface area (Å²) < 4.78 is 4.50. The average Bonchev–Trinajstić information content (AvgIpc) is 2.18. The number of ether oxygens (including phenoxy) is 1. The average molecular weight is 202 g/mol. The van der Waals surface area contributed by atoms with Crippen LogP contribution in [-0.2, 0) is 14.3 Å². The molecule has 1 aliphatic rings. The summed E-state index contributed by atoms with van der Waals surface area (Å²) in [4.78, 5) is 24.1. The number of rotatable bonds is 2. The van der Waals surface area contributed by atoms with Gasteiger partial charge in [0.25, 0.3) is 0 Å². The number of amides is 1. The van der Waals surface area contributed by atoms with Crippen LogP contribution >= 0.6 is 0 Å². The van der Waals surface area contributed by atoms with E-state index in [9.17, 15) is 9.59 Å². The first-order chi connectivity index (χ1) is 6.61. The van der Waals surface area contributed by atoms with E-state index in [0.29, 0.717) is 6.54 Å². The van der Waals surface area contributed by atoms with Crippen molar-refractivity contribution in [3.63, 3.8) is 0 Å². The molecule has 1 saturated heterocycles. The van der Waals surface area contributed by atoms with E-state index in [4.69, 9.17) is 5.11 Å². The minimum Gasteiger partial charge on any atom is -0.467 e. The van der Waals surface area contributed by atoms with Gasteiger partial charge in [-0.1, -0.05) is 0 Å². The number of piperazine rings is 1. The van der Waals surface area contributed by atoms with Gasteiger partial charge < -0.3 is 15.2 Å². The van der Waals surface area contributed by atoms with Crippen molar-refractivity contribution in [2.45, 2.75) is 12.1 Å². The first kappa shape index (κ1) is 10.9. The maximum absolute atomic E-state index is 11.3. The number of aliphatic hydroxyl groups is 1. The zero-order valence-corrected chi connectivity index (χ0v) is 8.19. The Kier molecular flexibility index (Phi) is 3.43. The van der Waals surface area contributed by atoms with Crippen LogP contribution in [0.15, 0.2) is 0 Å². The SMILES string of the molecule is COC(=O)C1C(=O)NC[C@H](CO)N1C. The van der Waals surface area contributed by atoms with E-state index in [2.05, 4.69) is 10.1 Å². The Hall–Kier alpha value is -1.14. The summed E-state index contributed by atoms with van der Waals surface area (Å²) in [6, 6.07) is -1.19. The molecule has 1 heterocycles. The molecule has 0 aliphatic carbocycles. The molecule has 0 spiro atoms. The molecule has 0 radical (unpaired) electrons. The van der Waals surface area contributed by atoms with Crippen LogP contribution < -0.4 is 5.32 Å². The summed E-state index contributed by atoms with van der Waals surface area (Å²) in [5, 5.41) is 11.5. The minimum atomic E-state index is -0.953. The molecule has 2 atom stereocenters. The summed E-state index contributed by atoms with van der Waals surface area (Å²) in [6.45, 7) is 0.240. The quantitative estimate of drug-likeness (QED) is 0.398. The third-order valence-electron chi connectivity index (χ3n) is 2.38. The number of likely N-dealkylation sites (N-methyl/N-ethyl adjacent to an activating group) is 1. The second-order valence-corrected chi connectivity index (χ2v) is 3.17. The molecule has 1 aliphatic heterocycles. The molecule has 80 valence electrons. The molecular weight excluding hydrogens is 188 g/mol. The number of methoxy groups -OCH3 is 1. The lowest BCUT2D eigenvalue weighted by Crippen LogP contribution is -2.63. The lowest BCUT2D eigenvalue weighted by atomic mass is 10.1. The number of hydrogen-bond donors (Lipinski definition) is 2. The second-order valence-electron chi connectivity index (χ2n) is 3.17. The Balaban J connectivity index is 2.78. The van der Waals surface area contributed by atoms with Crippen molar-refractivity contribution in [3.05, 3.63) is 0 Å². The molecule has 0 aromatic carbocycles. The van der Waals surface area contributed by atoms with Gasteiger partial charge in [0, 0.05) is 6.54 Å². The van der Waals surface area contributed by atoms with Gasteiger partial charge in [0.1, 0.15) is 0 Å². The summed E-state index contributed by atoms with van der Waals surface area (Å²) in [5.74, 6) is -0.993. The third-order valence-corrected chi connectivity index (χ3v) is 2.38. The molecule has 1 unspecified atom stereocenters. The number of carbonyl (C=O) groups excluding carboxylic acids is 2. The molecule has 1 amide bonds. The molecular formula is C8H14N2O4. The highest BCUT2D eigenvalue weighted by atomic mass is 16.5. The first-order valence-corrected chi connectivity index (χ1v) is 4.30. The number of hydrogen-bond acceptors (Lipinski definition) is 5. The highest BCUT2D eigenvalue weighted by Gasteiger charge is 2.39. The molecule has 0 saturated carbocycles. The second kappa shape index (κ2) is 4.39. The van der Waals surface area contributed by atoms with Crippen molar-refractivity contribution in [1.82, 2.24) is 10.2 Å². The lowest BCUT2D eigenvalue weighted by Gasteiger charge is -2.36. The highest BCUT2D eigenvalue weighted by molar-refractivity contribution is 6.02. The number of aliphatic hydroxyl groups excluding tert-OH is 1. The zero-order chi connectivity index (χ0) is 10.7. The lowest BCUT2D eigenvalue weighted by molar-refractivity contribution is -0.154. The Morgan fingerprint density at radius 3 is 2.93 bits per heavy atom. The third kappa shape index (κ3) is 1.85. The maximum Gasteiger partial charge on any atom is 0.332 e. The number of carbonyl (C=O) groups is 2. The van der Waals surface area contributed by atoms with Crippen LogP contribution in [0.2, 0.25) is 0 Å². The molecule has 14 heavy (non-hydrogen) atoms. The van der Waals surface area contributed by atoms with Gasteiger partial charge in [-0.05, 0) is 7.05 Å². The summed E-state index contributed by atoms with van der Waals surface area (Å²) >= 11 is 0. The van der Waals surface area contributed by atoms with E-state index in [-0.39, 0.29) is 18.6 Å². The van der Waals surface area contributed by atoms with Crippen LogP contribution in [0, 0.1) is 0 Å². The van der Waals surface area contributed by atoms with Crippen LogP contribution in [0.4, 0.5) is 0 Å². The monoisotopic (exact) mass is 202 g/mol. The van der Waals surface area contributed by atoms with Crippen molar-refractivity contribution in [1.29, 1.82) is 0 Å². The first-order valence-electron chi connectivity index (χ1n) is 4.30. The topological polar surface area (TPSA) is 78.9 Å². The fourth-order valence-electron chi connectivity index (χ4n) is 1.43. The molecule has 2 N–H and O–H groups in total. The smallest absolute Gasteiger partial charge is 0.332 e. The van der Waals surface area contributed by atoms with Gasteiger partial charge in [-0.25, -0.2) is 4.79 Å². The van der Waals surface area contributed by atoms with Gasteiger partial charge in [0.15, 0.2) is 6.04 Å². The van der Waals surface area contributed by atoms with Crippen LogP contribution in [0.3, 0.4) is 0 Å². The van der Waals surface area contributed by atoms with E-state index in [1.54, 1.807) is 7.05 Å². The fraction of sp³-hybridized carbons (Fsp3) is 0.750. The largest absolute Gasteiger partial charge is 0.467 e. The zero-order valence-electron chi connectivity index (χ0n) is 8.19. The Morgan fingerprint density at radius 2 is 2.43 bits per heavy atom. The standard InChI is InChI=1S/C8H14N2O4/c1-10-5(4-11)3-9-7(12)6(10)8(13)14-2/h5-6,11H,3-4H2,1-2H3,(H,9,12)/t5-,6?/m1/s1. The van der Waals surface area contributed by atoms with E-state index < -0.39 is 12.0 Å². The van der Waals surface area contributed by atoms with Gasteiger partial charge in [0.05, 0.1) is 19.8 Å². The van der Waals surface area contributed by atoms with Gasteiger partial charge in [-0.3, -0.25) is 9.69 Å². The molecule has 1 rings (SSSR count). The van der Waals surface area contributed by atoms with Crippen molar-refractivity contribution in [2.75, 3.05) is 27.3 Å². The molecule has 0 bridgehead atoms. The molecule has 1 fully saturated rings. The minimum absolute atomic E-state index is 0.107. The van der Waals surface area contributed by atoms with Crippen LogP contribution in [0.25, 0.3) is 0 Å². The molecule has 0 aromatic rings. The van der Waals surface area contributed by atoms with Crippen LogP contribution in [0.1, 0.15) is 0 Å². The van der Waals surface area contributed by atoms with Gasteiger partial charge in [-0.2, -0.15) is 0 Å². The Labute approximate surface area is 81.8 Å². The van der Waals surface area contributed by atoms with Crippen molar-refractivity contribution >= 4 is 11.9 Å². The number of nitrogens with zero attached hydrogens (tertiary/aromatic N) is 1. The molecule has 0 aromatic heterocycles. The van der Waals surface area contributed by atoms with Crippen molar-refractivity contribution < 1.29 is 19.4 Å². The van der Waals surface area contributed by atoms with E-state index >= 15 is 0 Å². The summed E-state index contributed by atoms with van der Waals surface area (Å²) in [5.41, 5.74) is 0. The van der Waals surface area contributed by atoms with E-state index in [1.165, 1.54) is 12.0 Å². The van der Waals surface area contributed by atoms with Gasteiger partial charge in [-0.15, -0.1) is 0 Å².